The minimum absolute atomic E-state index is 0.860. The van der Waals surface area contributed by atoms with E-state index in [-0.39, 0.29) is 0 Å². The van der Waals surface area contributed by atoms with Gasteiger partial charge >= 0.3 is 0 Å². The van der Waals surface area contributed by atoms with Crippen LogP contribution in [0.3, 0.4) is 0 Å². The lowest BCUT2D eigenvalue weighted by atomic mass is 9.96. The number of rotatable bonds is 7. The van der Waals surface area contributed by atoms with Gasteiger partial charge in [-0.2, -0.15) is 0 Å². The number of benzene rings is 12. The van der Waals surface area contributed by atoms with E-state index in [1.54, 1.807) is 0 Å². The smallest absolute Gasteiger partial charge is 0.143 e. The molecule has 0 amide bonds. The molecule has 0 bridgehead atoms. The summed E-state index contributed by atoms with van der Waals surface area (Å²) in [6, 6.07) is 92.4. The molecule has 0 N–H and O–H groups in total. The molecular weight excluding hydrogens is 837 g/mol. The van der Waals surface area contributed by atoms with Crippen molar-refractivity contribution in [1.82, 2.24) is 4.57 Å². The predicted octanol–water partition coefficient (Wildman–Crippen LogP) is 18.6. The van der Waals surface area contributed by atoms with Crippen LogP contribution in [0.1, 0.15) is 0 Å². The molecule has 0 fully saturated rings. The molecule has 14 aromatic rings. The van der Waals surface area contributed by atoms with Gasteiger partial charge in [-0.3, -0.25) is 0 Å². The number of anilines is 3. The number of fused-ring (bicyclic) bond motifs is 11. The summed E-state index contributed by atoms with van der Waals surface area (Å²) in [6.07, 6.45) is 0. The van der Waals surface area contributed by atoms with E-state index in [1.807, 2.05) is 0 Å². The fourth-order valence-corrected chi connectivity index (χ4v) is 10.8. The number of hydrogen-bond acceptors (Lipinski definition) is 2. The van der Waals surface area contributed by atoms with Crippen molar-refractivity contribution >= 4 is 93.1 Å². The molecule has 3 nitrogen and oxygen atoms in total. The average molecular weight is 879 g/mol. The first-order valence-electron chi connectivity index (χ1n) is 23.6. The molecule has 0 aliphatic carbocycles. The highest BCUT2D eigenvalue weighted by Gasteiger charge is 2.21. The summed E-state index contributed by atoms with van der Waals surface area (Å²) in [5.74, 6) is 0. The standard InChI is InChI=1S/C66H42N2O/c1-3-15-55-47(11-1)27-28-49-29-30-51(42-60(49)55)45-25-23-43(24-26-45)44-31-36-52(37-32-44)67(63-21-10-22-64-65(63)59-40-35-48-12-2-4-16-56(48)66(59)69-64)53-38-33-46(34-39-53)50-13-9-14-54(41-50)68-61-19-7-5-17-57(61)58-18-6-8-20-62(58)68/h1-42H. The van der Waals surface area contributed by atoms with Crippen LogP contribution in [0.5, 0.6) is 0 Å². The van der Waals surface area contributed by atoms with Gasteiger partial charge < -0.3 is 13.9 Å². The SMILES string of the molecule is c1cc(-c2ccc(N(c3ccc(-c4ccc(-c5ccc6ccc7ccccc7c6c5)cc4)cc3)c3cccc4oc5c6ccccc6ccc5c34)cc2)cc(-n2c3ccccc3c3ccccc32)c1. The maximum Gasteiger partial charge on any atom is 0.143 e. The van der Waals surface area contributed by atoms with Crippen molar-refractivity contribution in [2.75, 3.05) is 4.90 Å². The van der Waals surface area contributed by atoms with Crippen LogP contribution in [-0.4, -0.2) is 4.57 Å². The van der Waals surface area contributed by atoms with Gasteiger partial charge in [-0.15, -0.1) is 0 Å². The Hall–Kier alpha value is -9.18. The highest BCUT2D eigenvalue weighted by atomic mass is 16.3. The second-order valence-corrected chi connectivity index (χ2v) is 18.1. The zero-order valence-electron chi connectivity index (χ0n) is 37.6. The van der Waals surface area contributed by atoms with Gasteiger partial charge in [-0.1, -0.05) is 182 Å². The Morgan fingerprint density at radius 1 is 0.304 bits per heavy atom. The molecule has 0 radical (unpaired) electrons. The Labute approximate surface area is 399 Å². The van der Waals surface area contributed by atoms with E-state index >= 15 is 0 Å². The molecule has 0 saturated carbocycles. The minimum atomic E-state index is 0.860. The summed E-state index contributed by atoms with van der Waals surface area (Å²) in [6.45, 7) is 0. The lowest BCUT2D eigenvalue weighted by Crippen LogP contribution is -2.10. The van der Waals surface area contributed by atoms with E-state index in [0.717, 1.165) is 72.2 Å². The molecule has 69 heavy (non-hydrogen) atoms. The second-order valence-electron chi connectivity index (χ2n) is 18.1. The van der Waals surface area contributed by atoms with E-state index in [9.17, 15) is 0 Å². The van der Waals surface area contributed by atoms with Crippen LogP contribution in [-0.2, 0) is 0 Å². The van der Waals surface area contributed by atoms with Crippen molar-refractivity contribution in [1.29, 1.82) is 0 Å². The number of nitrogens with zero attached hydrogens (tertiary/aromatic N) is 2. The molecule has 14 rings (SSSR count). The summed E-state index contributed by atoms with van der Waals surface area (Å²) in [5.41, 5.74) is 15.5. The second kappa shape index (κ2) is 15.7. The van der Waals surface area contributed by atoms with Crippen LogP contribution >= 0.6 is 0 Å². The highest BCUT2D eigenvalue weighted by Crippen LogP contribution is 2.45. The molecule has 3 heteroatoms. The van der Waals surface area contributed by atoms with Gasteiger partial charge in [0.25, 0.3) is 0 Å². The first-order chi connectivity index (χ1) is 34.2. The summed E-state index contributed by atoms with van der Waals surface area (Å²) in [5, 5.41) is 12.1. The van der Waals surface area contributed by atoms with Crippen LogP contribution in [0.4, 0.5) is 17.1 Å². The first kappa shape index (κ1) is 39.0. The van der Waals surface area contributed by atoms with Crippen molar-refractivity contribution in [3.63, 3.8) is 0 Å². The normalized spacial score (nSPS) is 11.8. The van der Waals surface area contributed by atoms with E-state index in [4.69, 9.17) is 4.42 Å². The van der Waals surface area contributed by atoms with E-state index in [2.05, 4.69) is 264 Å². The van der Waals surface area contributed by atoms with Crippen molar-refractivity contribution in [3.8, 4) is 39.1 Å². The molecule has 0 saturated heterocycles. The Balaban J connectivity index is 0.849. The third-order valence-electron chi connectivity index (χ3n) is 14.2. The zero-order chi connectivity index (χ0) is 45.4. The monoisotopic (exact) mass is 878 g/mol. The summed E-state index contributed by atoms with van der Waals surface area (Å²) in [4.78, 5) is 2.38. The molecular formula is C66H42N2O. The van der Waals surface area contributed by atoms with Gasteiger partial charge in [0.05, 0.1) is 22.1 Å². The first-order valence-corrected chi connectivity index (χ1v) is 23.6. The van der Waals surface area contributed by atoms with Crippen molar-refractivity contribution in [2.45, 2.75) is 0 Å². The molecule has 0 unspecified atom stereocenters. The molecule has 0 spiro atoms. The van der Waals surface area contributed by atoms with E-state index in [1.165, 1.54) is 60.0 Å². The Bertz CT molecular complexity index is 4240. The van der Waals surface area contributed by atoms with Gasteiger partial charge in [-0.25, -0.2) is 0 Å². The van der Waals surface area contributed by atoms with Crippen LogP contribution < -0.4 is 4.90 Å². The van der Waals surface area contributed by atoms with Crippen molar-refractivity contribution < 1.29 is 4.42 Å². The number of furan rings is 1. The Morgan fingerprint density at radius 2 is 0.783 bits per heavy atom. The van der Waals surface area contributed by atoms with Crippen molar-refractivity contribution in [3.05, 3.63) is 255 Å². The van der Waals surface area contributed by atoms with E-state index in [0.29, 0.717) is 0 Å². The summed E-state index contributed by atoms with van der Waals surface area (Å²) >= 11 is 0. The minimum Gasteiger partial charge on any atom is -0.455 e. The number of aromatic nitrogens is 1. The molecule has 2 aromatic heterocycles. The van der Waals surface area contributed by atoms with Gasteiger partial charge in [0.2, 0.25) is 0 Å². The molecule has 12 aromatic carbocycles. The lowest BCUT2D eigenvalue weighted by Gasteiger charge is -2.26. The molecule has 0 aliphatic rings. The van der Waals surface area contributed by atoms with Crippen LogP contribution in [0.15, 0.2) is 259 Å². The topological polar surface area (TPSA) is 21.3 Å². The fraction of sp³-hybridized carbons (Fsp3) is 0. The Morgan fingerprint density at radius 3 is 1.45 bits per heavy atom. The van der Waals surface area contributed by atoms with Crippen molar-refractivity contribution in [2.24, 2.45) is 0 Å². The maximum atomic E-state index is 6.73. The van der Waals surface area contributed by atoms with Gasteiger partial charge in [-0.05, 0) is 133 Å². The molecule has 0 aliphatic heterocycles. The summed E-state index contributed by atoms with van der Waals surface area (Å²) in [7, 11) is 0. The molecule has 2 heterocycles. The van der Waals surface area contributed by atoms with Gasteiger partial charge in [0, 0.05) is 38.6 Å². The number of hydrogen-bond donors (Lipinski definition) is 0. The largest absolute Gasteiger partial charge is 0.455 e. The lowest BCUT2D eigenvalue weighted by molar-refractivity contribution is 0.672. The average Bonchev–Trinajstić information content (AvgIpc) is 3.98. The third-order valence-corrected chi connectivity index (χ3v) is 14.2. The van der Waals surface area contributed by atoms with E-state index < -0.39 is 0 Å². The summed E-state index contributed by atoms with van der Waals surface area (Å²) < 4.78 is 9.11. The van der Waals surface area contributed by atoms with Gasteiger partial charge in [0.15, 0.2) is 0 Å². The zero-order valence-corrected chi connectivity index (χ0v) is 37.6. The fourth-order valence-electron chi connectivity index (χ4n) is 10.8. The van der Waals surface area contributed by atoms with Crippen LogP contribution in [0, 0.1) is 0 Å². The molecule has 0 atom stereocenters. The quantitative estimate of drug-likeness (QED) is 0.149. The highest BCUT2D eigenvalue weighted by molar-refractivity contribution is 6.19. The Kier molecular flexibility index (Phi) is 8.90. The van der Waals surface area contributed by atoms with Gasteiger partial charge in [0.1, 0.15) is 11.2 Å². The van der Waals surface area contributed by atoms with Crippen LogP contribution in [0.25, 0.3) is 115 Å². The molecule has 322 valence electrons. The number of para-hydroxylation sites is 2. The third kappa shape index (κ3) is 6.43. The van der Waals surface area contributed by atoms with Crippen LogP contribution in [0.2, 0.25) is 0 Å². The predicted molar refractivity (Wildman–Crippen MR) is 292 cm³/mol. The maximum absolute atomic E-state index is 6.73.